The summed E-state index contributed by atoms with van der Waals surface area (Å²) in [6.45, 7) is 13.4. The average molecular weight is 556 g/mol. The molecule has 1 aliphatic heterocycles. The van der Waals surface area contributed by atoms with Crippen molar-refractivity contribution < 1.29 is 24.0 Å². The van der Waals surface area contributed by atoms with Gasteiger partial charge in [0, 0.05) is 25.4 Å². The Morgan fingerprint density at radius 1 is 1.07 bits per heavy atom. The highest BCUT2D eigenvalue weighted by molar-refractivity contribution is 5.91. The van der Waals surface area contributed by atoms with Gasteiger partial charge in [-0.15, -0.1) is 0 Å². The molecule has 1 saturated heterocycles. The minimum Gasteiger partial charge on any atom is -0.444 e. The van der Waals surface area contributed by atoms with Gasteiger partial charge in [-0.3, -0.25) is 9.63 Å². The van der Waals surface area contributed by atoms with E-state index in [2.05, 4.69) is 24.3 Å². The van der Waals surface area contributed by atoms with E-state index in [0.29, 0.717) is 49.0 Å². The van der Waals surface area contributed by atoms with E-state index in [0.717, 1.165) is 44.2 Å². The number of fused-ring (bicyclic) bond motifs is 5. The van der Waals surface area contributed by atoms with E-state index in [9.17, 15) is 14.4 Å². The van der Waals surface area contributed by atoms with Gasteiger partial charge in [0.25, 0.3) is 0 Å². The number of carbonyl (C=O) groups excluding carboxylic acids is 3. The van der Waals surface area contributed by atoms with Crippen LogP contribution in [0, 0.1) is 34.5 Å². The minimum atomic E-state index is -0.579. The minimum absolute atomic E-state index is 0.104. The lowest BCUT2D eigenvalue weighted by Crippen LogP contribution is -2.51. The highest BCUT2D eigenvalue weighted by Gasteiger charge is 2.59. The second-order valence-corrected chi connectivity index (χ2v) is 14.6. The molecule has 222 valence electrons. The summed E-state index contributed by atoms with van der Waals surface area (Å²) in [5.74, 6) is 2.61. The molecule has 7 atom stereocenters. The molecule has 0 aromatic carbocycles. The van der Waals surface area contributed by atoms with Crippen LogP contribution in [0.1, 0.15) is 106 Å². The number of ether oxygens (including phenoxy) is 1. The lowest BCUT2D eigenvalue weighted by Gasteiger charge is -2.58. The third kappa shape index (κ3) is 5.44. The zero-order valence-electron chi connectivity index (χ0n) is 25.4. The van der Waals surface area contributed by atoms with Gasteiger partial charge in [0.1, 0.15) is 5.60 Å². The van der Waals surface area contributed by atoms with Crippen molar-refractivity contribution in [2.24, 2.45) is 39.7 Å². The van der Waals surface area contributed by atoms with E-state index in [1.54, 1.807) is 4.90 Å². The van der Waals surface area contributed by atoms with Crippen LogP contribution < -0.4 is 5.32 Å². The Morgan fingerprint density at radius 2 is 1.85 bits per heavy atom. The lowest BCUT2D eigenvalue weighted by molar-refractivity contribution is -0.117. The topological polar surface area (TPSA) is 97.3 Å². The van der Waals surface area contributed by atoms with Gasteiger partial charge in [-0.25, -0.2) is 9.59 Å². The first kappa shape index (κ1) is 29.1. The van der Waals surface area contributed by atoms with Gasteiger partial charge in [-0.2, -0.15) is 0 Å². The number of ketones is 1. The van der Waals surface area contributed by atoms with Gasteiger partial charge in [-0.1, -0.05) is 24.6 Å². The molecule has 1 N–H and O–H groups in total. The molecule has 8 nitrogen and oxygen atoms in total. The normalized spacial score (nSPS) is 37.7. The first-order valence-corrected chi connectivity index (χ1v) is 15.5. The summed E-state index contributed by atoms with van der Waals surface area (Å²) in [4.78, 5) is 44.3. The molecular weight excluding hydrogens is 506 g/mol. The van der Waals surface area contributed by atoms with Crippen LogP contribution in [0.4, 0.5) is 9.59 Å². The zero-order valence-corrected chi connectivity index (χ0v) is 25.4. The summed E-state index contributed by atoms with van der Waals surface area (Å²) >= 11 is 0. The van der Waals surface area contributed by atoms with E-state index in [1.165, 1.54) is 24.8 Å². The maximum Gasteiger partial charge on any atom is 0.433 e. The van der Waals surface area contributed by atoms with E-state index in [4.69, 9.17) is 9.57 Å². The van der Waals surface area contributed by atoms with E-state index in [1.807, 2.05) is 33.8 Å². The predicted molar refractivity (Wildman–Crippen MR) is 154 cm³/mol. The molecule has 0 radical (unpaired) electrons. The first-order valence-electron chi connectivity index (χ1n) is 15.5. The lowest BCUT2D eigenvalue weighted by atomic mass is 9.46. The highest BCUT2D eigenvalue weighted by Crippen LogP contribution is 2.66. The molecular formula is C32H49N3O5. The van der Waals surface area contributed by atoms with Crippen LogP contribution in [0.2, 0.25) is 0 Å². The van der Waals surface area contributed by atoms with Gasteiger partial charge in [0.2, 0.25) is 0 Å². The maximum atomic E-state index is 12.6. The first-order chi connectivity index (χ1) is 18.8. The van der Waals surface area contributed by atoms with E-state index >= 15 is 0 Å². The number of amides is 2. The third-order valence-electron chi connectivity index (χ3n) is 11.2. The molecule has 5 aliphatic rings. The molecule has 3 saturated carbocycles. The van der Waals surface area contributed by atoms with Crippen LogP contribution in [-0.2, 0) is 14.4 Å². The fraction of sp³-hybridized carbons (Fsp3) is 0.812. The van der Waals surface area contributed by atoms with Crippen LogP contribution in [0.15, 0.2) is 16.8 Å². The number of likely N-dealkylation sites (tertiary alicyclic amines) is 1. The Morgan fingerprint density at radius 3 is 2.60 bits per heavy atom. The summed E-state index contributed by atoms with van der Waals surface area (Å²) < 4.78 is 5.52. The monoisotopic (exact) mass is 555 g/mol. The molecule has 4 fully saturated rings. The summed E-state index contributed by atoms with van der Waals surface area (Å²) in [5, 5.41) is 7.14. The van der Waals surface area contributed by atoms with Gasteiger partial charge in [0.05, 0.1) is 11.8 Å². The quantitative estimate of drug-likeness (QED) is 0.238. The third-order valence-corrected chi connectivity index (χ3v) is 11.2. The number of hydrogen-bond donors (Lipinski definition) is 1. The molecule has 0 aromatic heterocycles. The maximum absolute atomic E-state index is 12.6. The van der Waals surface area contributed by atoms with Crippen molar-refractivity contribution in [3.05, 3.63) is 11.6 Å². The molecule has 0 spiro atoms. The Balaban J connectivity index is 1.17. The van der Waals surface area contributed by atoms with Crippen molar-refractivity contribution in [1.82, 2.24) is 10.2 Å². The molecule has 0 bridgehead atoms. The number of hydrogen-bond acceptors (Lipinski definition) is 6. The molecule has 2 amide bonds. The number of rotatable bonds is 4. The Hall–Kier alpha value is -2.38. The molecule has 1 unspecified atom stereocenters. The standard InChI is InChI=1S/C32H49N3O5/c1-20(34-40-28(37)33-19-22-8-7-17-35(22)29(38)39-30(2,3)4)25-11-12-26-24-10-9-21-18-23(36)13-15-31(21,5)27(24)14-16-32(25,26)6/h18,22,24-27H,7-17,19H2,1-6H3,(H,33,37)/b34-20+/t22-,24-,25+,26?,27-,31-,32+/m0/s1. The van der Waals surface area contributed by atoms with E-state index < -0.39 is 11.7 Å². The number of allylic oxidation sites excluding steroid dienone is 1. The van der Waals surface area contributed by atoms with Crippen LogP contribution in [-0.4, -0.2) is 53.3 Å². The second-order valence-electron chi connectivity index (χ2n) is 14.6. The van der Waals surface area contributed by atoms with Crippen LogP contribution in [0.5, 0.6) is 0 Å². The van der Waals surface area contributed by atoms with Crippen molar-refractivity contribution in [3.63, 3.8) is 0 Å². The fourth-order valence-corrected chi connectivity index (χ4v) is 9.26. The van der Waals surface area contributed by atoms with Crippen molar-refractivity contribution in [2.75, 3.05) is 13.1 Å². The van der Waals surface area contributed by atoms with Crippen LogP contribution >= 0.6 is 0 Å². The summed E-state index contributed by atoms with van der Waals surface area (Å²) in [6.07, 6.45) is 11.3. The molecule has 1 heterocycles. The SMILES string of the molecule is C/C(=N\OC(=O)NC[C@@H]1CCCN1C(=O)OC(C)(C)C)[C@H]1CCC2[C@@H]3CCC4=CC(=O)CC[C@]4(C)[C@H]3CC[C@@]21C. The molecule has 4 aliphatic carbocycles. The average Bonchev–Trinajstić information content (AvgIpc) is 3.49. The summed E-state index contributed by atoms with van der Waals surface area (Å²) in [7, 11) is 0. The van der Waals surface area contributed by atoms with Gasteiger partial charge >= 0.3 is 12.2 Å². The smallest absolute Gasteiger partial charge is 0.433 e. The van der Waals surface area contributed by atoms with E-state index in [-0.39, 0.29) is 23.0 Å². The molecule has 0 aromatic rings. The Kier molecular flexibility index (Phi) is 7.86. The van der Waals surface area contributed by atoms with Gasteiger partial charge < -0.3 is 15.0 Å². The van der Waals surface area contributed by atoms with Crippen molar-refractivity contribution in [1.29, 1.82) is 0 Å². The number of nitrogens with one attached hydrogen (secondary N) is 1. The number of oxime groups is 1. The number of carbonyl (C=O) groups is 3. The highest BCUT2D eigenvalue weighted by atomic mass is 16.7. The Labute approximate surface area is 239 Å². The molecule has 8 heteroatoms. The predicted octanol–water partition coefficient (Wildman–Crippen LogP) is 6.64. The van der Waals surface area contributed by atoms with Gasteiger partial charge in [-0.05, 0) is 120 Å². The van der Waals surface area contributed by atoms with Crippen LogP contribution in [0.3, 0.4) is 0 Å². The number of nitrogens with zero attached hydrogens (tertiary/aromatic N) is 2. The zero-order chi connectivity index (χ0) is 28.9. The van der Waals surface area contributed by atoms with Crippen LogP contribution in [0.25, 0.3) is 0 Å². The molecule has 5 rings (SSSR count). The molecule has 40 heavy (non-hydrogen) atoms. The van der Waals surface area contributed by atoms with Crippen molar-refractivity contribution in [2.45, 2.75) is 117 Å². The van der Waals surface area contributed by atoms with Crippen molar-refractivity contribution >= 4 is 23.7 Å². The van der Waals surface area contributed by atoms with Gasteiger partial charge in [0.15, 0.2) is 5.78 Å². The second kappa shape index (κ2) is 10.8. The summed E-state index contributed by atoms with van der Waals surface area (Å²) in [6, 6.07) is -0.104. The largest absolute Gasteiger partial charge is 0.444 e. The Bertz CT molecular complexity index is 1090. The fourth-order valence-electron chi connectivity index (χ4n) is 9.26. The van der Waals surface area contributed by atoms with Crippen molar-refractivity contribution in [3.8, 4) is 0 Å². The summed E-state index contributed by atoms with van der Waals surface area (Å²) in [5.41, 5.74) is 2.10.